The van der Waals surface area contributed by atoms with Gasteiger partial charge in [-0.2, -0.15) is 0 Å². The van der Waals surface area contributed by atoms with Crippen molar-refractivity contribution in [2.75, 3.05) is 6.61 Å². The number of hydrogen-bond acceptors (Lipinski definition) is 7. The normalized spacial score (nSPS) is 46.0. The lowest BCUT2D eigenvalue weighted by Gasteiger charge is -2.60. The van der Waals surface area contributed by atoms with Gasteiger partial charge in [-0.25, -0.2) is 0 Å². The number of hydrogen-bond donors (Lipinski definition) is 4. The van der Waals surface area contributed by atoms with E-state index < -0.39 is 58.3 Å². The summed E-state index contributed by atoms with van der Waals surface area (Å²) in [5.74, 6) is -4.13. The van der Waals surface area contributed by atoms with Crippen molar-refractivity contribution in [1.82, 2.24) is 0 Å². The van der Waals surface area contributed by atoms with Crippen molar-refractivity contribution in [2.45, 2.75) is 70.9 Å². The van der Waals surface area contributed by atoms with E-state index in [1.165, 1.54) is 6.92 Å². The number of carbonyl (C=O) groups is 2. The Balaban J connectivity index is 2.30. The van der Waals surface area contributed by atoms with Crippen LogP contribution in [-0.2, 0) is 14.3 Å². The molecular weight excluding hydrogens is 388 g/mol. The highest BCUT2D eigenvalue weighted by Gasteiger charge is 2.70. The number of esters is 1. The van der Waals surface area contributed by atoms with Crippen molar-refractivity contribution in [1.29, 1.82) is 0 Å². The van der Waals surface area contributed by atoms with Crippen LogP contribution in [0.5, 0.6) is 0 Å². The van der Waals surface area contributed by atoms with Gasteiger partial charge in [-0.15, -0.1) is 0 Å². The number of aliphatic hydroxyl groups excluding tert-OH is 2. The Labute approximate surface area is 177 Å². The molecule has 3 aliphatic carbocycles. The fourth-order valence-corrected chi connectivity index (χ4v) is 6.56. The first-order valence-corrected chi connectivity index (χ1v) is 10.6. The highest BCUT2D eigenvalue weighted by atomic mass is 16.6. The second kappa shape index (κ2) is 7.26. The number of fused-ring (bicyclic) bond motifs is 3. The molecule has 7 nitrogen and oxygen atoms in total. The lowest BCUT2D eigenvalue weighted by atomic mass is 9.50. The smallest absolute Gasteiger partial charge is 0.303 e. The third-order valence-corrected chi connectivity index (χ3v) is 7.75. The Bertz CT molecular complexity index is 814. The second-order valence-electron chi connectivity index (χ2n) is 9.93. The summed E-state index contributed by atoms with van der Waals surface area (Å²) < 4.78 is 5.68. The standard InChI is InChI=1S/C23H34O7/c1-11(2)18-16-8-15(10-24)9-22(28)17(7-12(3)19(22)26)23(16,29)13(4)20(27)21(18,6)30-14(5)25/h7-8,11,13,16-18,20,24,27-29H,9-10H2,1-6H3/t13-,16+,17?,18+,20-,21-,22-,23-/m1/s1. The van der Waals surface area contributed by atoms with Crippen molar-refractivity contribution in [2.24, 2.45) is 29.6 Å². The third kappa shape index (κ3) is 2.93. The molecule has 3 rings (SSSR count). The van der Waals surface area contributed by atoms with Crippen molar-refractivity contribution in [3.05, 3.63) is 23.3 Å². The lowest BCUT2D eigenvalue weighted by molar-refractivity contribution is -0.268. The predicted molar refractivity (Wildman–Crippen MR) is 109 cm³/mol. The summed E-state index contributed by atoms with van der Waals surface area (Å²) in [5.41, 5.74) is -4.08. The highest BCUT2D eigenvalue weighted by Crippen LogP contribution is 2.60. The molecule has 1 unspecified atom stereocenters. The second-order valence-corrected chi connectivity index (χ2v) is 9.93. The van der Waals surface area contributed by atoms with Crippen molar-refractivity contribution >= 4 is 11.8 Å². The van der Waals surface area contributed by atoms with E-state index in [0.29, 0.717) is 11.1 Å². The van der Waals surface area contributed by atoms with E-state index in [4.69, 9.17) is 4.74 Å². The van der Waals surface area contributed by atoms with Gasteiger partial charge in [0.2, 0.25) is 0 Å². The molecule has 0 saturated heterocycles. The summed E-state index contributed by atoms with van der Waals surface area (Å²) in [6.45, 7) is 9.66. The monoisotopic (exact) mass is 422 g/mol. The van der Waals surface area contributed by atoms with E-state index in [9.17, 15) is 30.0 Å². The molecule has 0 amide bonds. The highest BCUT2D eigenvalue weighted by molar-refractivity contribution is 6.04. The molecule has 7 heteroatoms. The molecule has 0 aromatic carbocycles. The number of carbonyl (C=O) groups excluding carboxylic acids is 2. The SMILES string of the molecule is CC(=O)O[C@@]1(C)[C@H](O)[C@@H](C)[C@]2(O)C3C=C(C)C(=O)[C@@]3(O)CC(CO)=C[C@H]2[C@@H]1C(C)C. The minimum Gasteiger partial charge on any atom is -0.456 e. The molecule has 168 valence electrons. The largest absolute Gasteiger partial charge is 0.456 e. The summed E-state index contributed by atoms with van der Waals surface area (Å²) in [4.78, 5) is 24.8. The van der Waals surface area contributed by atoms with E-state index in [2.05, 4.69) is 0 Å². The number of ketones is 1. The van der Waals surface area contributed by atoms with Crippen LogP contribution in [0.1, 0.15) is 48.0 Å². The molecule has 30 heavy (non-hydrogen) atoms. The van der Waals surface area contributed by atoms with Gasteiger partial charge in [-0.1, -0.05) is 32.9 Å². The number of ether oxygens (including phenoxy) is 1. The van der Waals surface area contributed by atoms with Gasteiger partial charge in [0.1, 0.15) is 11.2 Å². The van der Waals surface area contributed by atoms with Gasteiger partial charge in [0.05, 0.1) is 18.3 Å². The molecule has 8 atom stereocenters. The summed E-state index contributed by atoms with van der Waals surface area (Å²) in [6.07, 6.45) is 1.99. The zero-order valence-corrected chi connectivity index (χ0v) is 18.5. The van der Waals surface area contributed by atoms with Crippen LogP contribution in [-0.4, -0.2) is 61.7 Å². The Hall–Kier alpha value is -1.54. The van der Waals surface area contributed by atoms with E-state index in [-0.39, 0.29) is 18.9 Å². The molecular formula is C23H34O7. The maximum absolute atomic E-state index is 12.9. The first kappa shape index (κ1) is 23.1. The molecule has 4 N–H and O–H groups in total. The molecule has 0 radical (unpaired) electrons. The average Bonchev–Trinajstić information content (AvgIpc) is 2.81. The third-order valence-electron chi connectivity index (χ3n) is 7.75. The number of rotatable bonds is 3. The molecule has 1 fully saturated rings. The molecule has 0 aromatic heterocycles. The molecule has 0 aromatic rings. The van der Waals surface area contributed by atoms with Crippen LogP contribution in [0.4, 0.5) is 0 Å². The van der Waals surface area contributed by atoms with Crippen molar-refractivity contribution in [3.63, 3.8) is 0 Å². The van der Waals surface area contributed by atoms with E-state index in [1.54, 1.807) is 32.9 Å². The Morgan fingerprint density at radius 3 is 2.40 bits per heavy atom. The summed E-state index contributed by atoms with van der Waals surface area (Å²) in [6, 6.07) is 0. The average molecular weight is 423 g/mol. The van der Waals surface area contributed by atoms with Crippen LogP contribution >= 0.6 is 0 Å². The molecule has 0 aliphatic heterocycles. The molecule has 0 spiro atoms. The van der Waals surface area contributed by atoms with E-state index in [1.807, 2.05) is 13.8 Å². The molecule has 0 heterocycles. The van der Waals surface area contributed by atoms with Crippen LogP contribution in [0.3, 0.4) is 0 Å². The predicted octanol–water partition coefficient (Wildman–Crippen LogP) is 1.14. The quantitative estimate of drug-likeness (QED) is 0.397. The van der Waals surface area contributed by atoms with E-state index in [0.717, 1.165) is 0 Å². The molecule has 0 bridgehead atoms. The number of Topliss-reactive ketones (excluding diaryl/α,β-unsaturated/α-hetero) is 1. The van der Waals surface area contributed by atoms with E-state index >= 15 is 0 Å². The minimum absolute atomic E-state index is 0.0996. The van der Waals surface area contributed by atoms with Gasteiger partial charge in [-0.05, 0) is 30.9 Å². The zero-order valence-electron chi connectivity index (χ0n) is 18.5. The number of aliphatic hydroxyl groups is 4. The zero-order chi connectivity index (χ0) is 22.8. The lowest BCUT2D eigenvalue weighted by Crippen LogP contribution is -2.72. The van der Waals surface area contributed by atoms with Crippen LogP contribution in [0.2, 0.25) is 0 Å². The van der Waals surface area contributed by atoms with Crippen LogP contribution < -0.4 is 0 Å². The van der Waals surface area contributed by atoms with Crippen LogP contribution in [0.25, 0.3) is 0 Å². The fourth-order valence-electron chi connectivity index (χ4n) is 6.56. The van der Waals surface area contributed by atoms with Crippen molar-refractivity contribution < 1.29 is 34.8 Å². The summed E-state index contributed by atoms with van der Waals surface area (Å²) in [7, 11) is 0. The Morgan fingerprint density at radius 1 is 1.30 bits per heavy atom. The summed E-state index contributed by atoms with van der Waals surface area (Å²) >= 11 is 0. The molecule has 3 aliphatic rings. The van der Waals surface area contributed by atoms with Crippen LogP contribution in [0.15, 0.2) is 23.3 Å². The maximum atomic E-state index is 12.9. The summed E-state index contributed by atoms with van der Waals surface area (Å²) in [5, 5.41) is 45.0. The maximum Gasteiger partial charge on any atom is 0.303 e. The van der Waals surface area contributed by atoms with Crippen LogP contribution in [0, 0.1) is 29.6 Å². The first-order valence-electron chi connectivity index (χ1n) is 10.6. The van der Waals surface area contributed by atoms with Gasteiger partial charge in [-0.3, -0.25) is 9.59 Å². The Morgan fingerprint density at radius 2 is 1.90 bits per heavy atom. The van der Waals surface area contributed by atoms with Crippen molar-refractivity contribution in [3.8, 4) is 0 Å². The fraction of sp³-hybridized carbons (Fsp3) is 0.739. The van der Waals surface area contributed by atoms with Gasteiger partial charge in [0.15, 0.2) is 5.78 Å². The van der Waals surface area contributed by atoms with Gasteiger partial charge in [0, 0.05) is 37.0 Å². The van der Waals surface area contributed by atoms with Gasteiger partial charge in [0.25, 0.3) is 0 Å². The first-order chi connectivity index (χ1) is 13.7. The minimum atomic E-state index is -1.90. The molecule has 1 saturated carbocycles. The van der Waals surface area contributed by atoms with Gasteiger partial charge >= 0.3 is 5.97 Å². The Kier molecular flexibility index (Phi) is 5.60. The topological polar surface area (TPSA) is 124 Å². The van der Waals surface area contributed by atoms with Gasteiger partial charge < -0.3 is 25.2 Å².